The maximum atomic E-state index is 13.4. The summed E-state index contributed by atoms with van der Waals surface area (Å²) < 4.78 is 28.3. The van der Waals surface area contributed by atoms with Crippen LogP contribution in [-0.2, 0) is 26.7 Å². The number of hydrogen-bond donors (Lipinski definition) is 0. The molecule has 0 radical (unpaired) electrons. The van der Waals surface area contributed by atoms with Gasteiger partial charge in [-0.1, -0.05) is 18.2 Å². The van der Waals surface area contributed by atoms with E-state index in [0.717, 1.165) is 22.5 Å². The van der Waals surface area contributed by atoms with Crippen LogP contribution < -0.4 is 9.21 Å². The van der Waals surface area contributed by atoms with Crippen molar-refractivity contribution >= 4 is 27.3 Å². The molecule has 0 spiro atoms. The van der Waals surface area contributed by atoms with Gasteiger partial charge in [0.05, 0.1) is 16.0 Å². The molecule has 5 nitrogen and oxygen atoms in total. The minimum Gasteiger partial charge on any atom is -0.314 e. The van der Waals surface area contributed by atoms with Gasteiger partial charge >= 0.3 is 0 Å². The van der Waals surface area contributed by atoms with Gasteiger partial charge in [0.1, 0.15) is 0 Å². The zero-order valence-electron chi connectivity index (χ0n) is 15.4. The summed E-state index contributed by atoms with van der Waals surface area (Å²) in [5, 5.41) is 0. The van der Waals surface area contributed by atoms with Crippen molar-refractivity contribution in [2.45, 2.75) is 43.5 Å². The maximum Gasteiger partial charge on any atom is 0.264 e. The van der Waals surface area contributed by atoms with Gasteiger partial charge < -0.3 is 4.90 Å². The minimum atomic E-state index is -3.70. The van der Waals surface area contributed by atoms with Gasteiger partial charge in [-0.2, -0.15) is 0 Å². The summed E-state index contributed by atoms with van der Waals surface area (Å²) in [4.78, 5) is 14.3. The molecule has 4 rings (SSSR count). The van der Waals surface area contributed by atoms with E-state index in [2.05, 4.69) is 0 Å². The van der Waals surface area contributed by atoms with Crippen molar-refractivity contribution < 1.29 is 13.2 Å². The summed E-state index contributed by atoms with van der Waals surface area (Å²) >= 11 is 0. The Morgan fingerprint density at radius 3 is 2.50 bits per heavy atom. The van der Waals surface area contributed by atoms with E-state index in [1.807, 2.05) is 45.0 Å². The maximum absolute atomic E-state index is 13.4. The second kappa shape index (κ2) is 5.33. The Kier molecular flexibility index (Phi) is 3.50. The molecule has 136 valence electrons. The lowest BCUT2D eigenvalue weighted by molar-refractivity contribution is -0.121. The summed E-state index contributed by atoms with van der Waals surface area (Å²) in [7, 11) is -1.98. The zero-order valence-corrected chi connectivity index (χ0v) is 16.2. The standard InChI is InChI=1S/C20H22N2O3S/c1-13-11-14-7-5-6-8-17(14)22(13)26(24,25)15-9-10-18-16(12-15)20(2,3)19(23)21(18)4/h5-10,12-13H,11H2,1-4H3/t13-/m0/s1. The number of likely N-dealkylation sites (N-methyl/N-ethyl adjacent to an activating group) is 1. The molecule has 6 heteroatoms. The van der Waals surface area contributed by atoms with Crippen LogP contribution >= 0.6 is 0 Å². The number of amides is 1. The number of hydrogen-bond acceptors (Lipinski definition) is 3. The Bertz CT molecular complexity index is 1030. The molecule has 0 aromatic heterocycles. The van der Waals surface area contributed by atoms with E-state index in [1.165, 1.54) is 4.31 Å². The van der Waals surface area contributed by atoms with Gasteiger partial charge in [-0.3, -0.25) is 9.10 Å². The molecule has 1 amide bonds. The highest BCUT2D eigenvalue weighted by molar-refractivity contribution is 7.92. The lowest BCUT2D eigenvalue weighted by Gasteiger charge is -2.25. The molecule has 0 N–H and O–H groups in total. The van der Waals surface area contributed by atoms with Gasteiger partial charge in [0, 0.05) is 18.8 Å². The Balaban J connectivity index is 1.85. The Morgan fingerprint density at radius 1 is 1.08 bits per heavy atom. The summed E-state index contributed by atoms with van der Waals surface area (Å²) in [6.45, 7) is 5.59. The first-order chi connectivity index (χ1) is 12.2. The Labute approximate surface area is 154 Å². The molecule has 2 aliphatic heterocycles. The fourth-order valence-corrected chi connectivity index (χ4v) is 5.85. The fraction of sp³-hybridized carbons (Fsp3) is 0.350. The van der Waals surface area contributed by atoms with E-state index in [9.17, 15) is 13.2 Å². The van der Waals surface area contributed by atoms with Crippen LogP contribution in [-0.4, -0.2) is 27.4 Å². The van der Waals surface area contributed by atoms with Crippen LogP contribution in [0.3, 0.4) is 0 Å². The van der Waals surface area contributed by atoms with Gasteiger partial charge in [-0.15, -0.1) is 0 Å². The molecular formula is C20H22N2O3S. The average molecular weight is 370 g/mol. The van der Waals surface area contributed by atoms with Crippen LogP contribution in [0.4, 0.5) is 11.4 Å². The molecule has 26 heavy (non-hydrogen) atoms. The summed E-state index contributed by atoms with van der Waals surface area (Å²) in [6.07, 6.45) is 0.701. The average Bonchev–Trinajstić information content (AvgIpc) is 3.03. The van der Waals surface area contributed by atoms with E-state index >= 15 is 0 Å². The molecule has 0 aliphatic carbocycles. The molecule has 2 heterocycles. The number of carbonyl (C=O) groups excluding carboxylic acids is 1. The van der Waals surface area contributed by atoms with Crippen molar-refractivity contribution in [1.82, 2.24) is 0 Å². The number of nitrogens with zero attached hydrogens (tertiary/aromatic N) is 2. The molecule has 0 fully saturated rings. The Morgan fingerprint density at radius 2 is 1.77 bits per heavy atom. The molecular weight excluding hydrogens is 348 g/mol. The van der Waals surface area contributed by atoms with Gasteiger partial charge in [-0.25, -0.2) is 8.42 Å². The van der Waals surface area contributed by atoms with Crippen LogP contribution in [0.25, 0.3) is 0 Å². The molecule has 0 unspecified atom stereocenters. The smallest absolute Gasteiger partial charge is 0.264 e. The number of para-hydroxylation sites is 1. The van der Waals surface area contributed by atoms with E-state index in [4.69, 9.17) is 0 Å². The monoisotopic (exact) mass is 370 g/mol. The first-order valence-corrected chi connectivity index (χ1v) is 10.1. The van der Waals surface area contributed by atoms with Crippen LogP contribution in [0.2, 0.25) is 0 Å². The summed E-state index contributed by atoms with van der Waals surface area (Å²) in [5.41, 5.74) is 2.58. The zero-order chi connectivity index (χ0) is 18.9. The van der Waals surface area contributed by atoms with Crippen molar-refractivity contribution in [2.75, 3.05) is 16.3 Å². The van der Waals surface area contributed by atoms with Crippen molar-refractivity contribution in [3.8, 4) is 0 Å². The van der Waals surface area contributed by atoms with E-state index < -0.39 is 15.4 Å². The normalized spacial score (nSPS) is 21.1. The predicted molar refractivity (Wildman–Crippen MR) is 102 cm³/mol. The van der Waals surface area contributed by atoms with Crippen molar-refractivity contribution in [2.24, 2.45) is 0 Å². The van der Waals surface area contributed by atoms with E-state index in [1.54, 1.807) is 30.1 Å². The number of fused-ring (bicyclic) bond motifs is 2. The van der Waals surface area contributed by atoms with Crippen LogP contribution in [0.1, 0.15) is 31.9 Å². The van der Waals surface area contributed by atoms with Crippen molar-refractivity contribution in [3.05, 3.63) is 53.6 Å². The predicted octanol–water partition coefficient (Wildman–Crippen LogP) is 3.08. The summed E-state index contributed by atoms with van der Waals surface area (Å²) in [5.74, 6) is -0.0260. The van der Waals surface area contributed by atoms with Gasteiger partial charge in [0.15, 0.2) is 0 Å². The molecule has 0 saturated carbocycles. The molecule has 1 atom stereocenters. The lowest BCUT2D eigenvalue weighted by atomic mass is 9.86. The van der Waals surface area contributed by atoms with E-state index in [-0.39, 0.29) is 16.8 Å². The van der Waals surface area contributed by atoms with Crippen molar-refractivity contribution in [1.29, 1.82) is 0 Å². The molecule has 2 aromatic carbocycles. The molecule has 0 bridgehead atoms. The highest BCUT2D eigenvalue weighted by Gasteiger charge is 2.44. The number of anilines is 2. The van der Waals surface area contributed by atoms with Gasteiger partial charge in [0.25, 0.3) is 10.0 Å². The Hall–Kier alpha value is -2.34. The number of carbonyl (C=O) groups is 1. The second-order valence-electron chi connectivity index (χ2n) is 7.65. The fourth-order valence-electron chi connectivity index (χ4n) is 4.13. The van der Waals surface area contributed by atoms with Crippen molar-refractivity contribution in [3.63, 3.8) is 0 Å². The third-order valence-electron chi connectivity index (χ3n) is 5.54. The number of rotatable bonds is 2. The van der Waals surface area contributed by atoms with Crippen LogP contribution in [0.15, 0.2) is 47.4 Å². The highest BCUT2D eigenvalue weighted by Crippen LogP contribution is 2.43. The van der Waals surface area contributed by atoms with E-state index in [0.29, 0.717) is 6.42 Å². The first-order valence-electron chi connectivity index (χ1n) is 8.70. The minimum absolute atomic E-state index is 0.0260. The number of sulfonamides is 1. The SMILES string of the molecule is C[C@H]1Cc2ccccc2N1S(=O)(=O)c1ccc2c(c1)C(C)(C)C(=O)N2C. The topological polar surface area (TPSA) is 57.7 Å². The summed E-state index contributed by atoms with van der Waals surface area (Å²) in [6, 6.07) is 12.5. The van der Waals surface area contributed by atoms with Crippen LogP contribution in [0.5, 0.6) is 0 Å². The molecule has 2 aromatic rings. The van der Waals surface area contributed by atoms with Gasteiger partial charge in [-0.05, 0) is 62.6 Å². The quantitative estimate of drug-likeness (QED) is 0.816. The third-order valence-corrected chi connectivity index (χ3v) is 7.47. The highest BCUT2D eigenvalue weighted by atomic mass is 32.2. The number of benzene rings is 2. The largest absolute Gasteiger partial charge is 0.314 e. The second-order valence-corrected chi connectivity index (χ2v) is 9.47. The van der Waals surface area contributed by atoms with Gasteiger partial charge in [0.2, 0.25) is 5.91 Å². The first kappa shape index (κ1) is 17.1. The molecule has 0 saturated heterocycles. The molecule has 2 aliphatic rings. The lowest BCUT2D eigenvalue weighted by Crippen LogP contribution is -2.36. The van der Waals surface area contributed by atoms with Crippen LogP contribution in [0, 0.1) is 0 Å². The third kappa shape index (κ3) is 2.14.